The van der Waals surface area contributed by atoms with Gasteiger partial charge in [-0.3, -0.25) is 0 Å². The second-order valence-corrected chi connectivity index (χ2v) is 3.66. The van der Waals surface area contributed by atoms with E-state index < -0.39 is 11.6 Å². The Morgan fingerprint density at radius 2 is 2.20 bits per heavy atom. The molecule has 1 aliphatic rings. The summed E-state index contributed by atoms with van der Waals surface area (Å²) >= 11 is 0. The highest BCUT2D eigenvalue weighted by Gasteiger charge is 2.16. The average Bonchev–Trinajstić information content (AvgIpc) is 2.25. The average molecular weight is 213 g/mol. The Morgan fingerprint density at radius 1 is 1.33 bits per heavy atom. The SMILES string of the molecule is Fc1ccc(F)c(O[C@@H]2CCCNC2)c1. The minimum atomic E-state index is -0.512. The molecule has 1 fully saturated rings. The topological polar surface area (TPSA) is 21.3 Å². The molecule has 1 N–H and O–H groups in total. The zero-order chi connectivity index (χ0) is 10.7. The molecular weight excluding hydrogens is 200 g/mol. The van der Waals surface area contributed by atoms with Gasteiger partial charge in [0, 0.05) is 12.6 Å². The van der Waals surface area contributed by atoms with Gasteiger partial charge < -0.3 is 10.1 Å². The summed E-state index contributed by atoms with van der Waals surface area (Å²) in [6.45, 7) is 1.65. The molecule has 0 saturated carbocycles. The van der Waals surface area contributed by atoms with E-state index in [1.807, 2.05) is 0 Å². The largest absolute Gasteiger partial charge is 0.486 e. The summed E-state index contributed by atoms with van der Waals surface area (Å²) < 4.78 is 31.4. The molecule has 1 aromatic carbocycles. The molecule has 1 aromatic rings. The molecule has 82 valence electrons. The van der Waals surface area contributed by atoms with Crippen LogP contribution < -0.4 is 10.1 Å². The summed E-state index contributed by atoms with van der Waals surface area (Å²) in [7, 11) is 0. The molecule has 0 unspecified atom stereocenters. The maximum atomic E-state index is 13.2. The Morgan fingerprint density at radius 3 is 2.93 bits per heavy atom. The van der Waals surface area contributed by atoms with Gasteiger partial charge in [-0.2, -0.15) is 0 Å². The van der Waals surface area contributed by atoms with Crippen molar-refractivity contribution in [3.8, 4) is 5.75 Å². The lowest BCUT2D eigenvalue weighted by atomic mass is 10.1. The molecule has 0 aliphatic carbocycles. The molecule has 4 heteroatoms. The summed E-state index contributed by atoms with van der Waals surface area (Å²) in [5, 5.41) is 3.15. The van der Waals surface area contributed by atoms with E-state index in [4.69, 9.17) is 4.74 Å². The van der Waals surface area contributed by atoms with Crippen LogP contribution in [-0.2, 0) is 0 Å². The Bertz CT molecular complexity index is 337. The third kappa shape index (κ3) is 2.65. The van der Waals surface area contributed by atoms with E-state index in [1.54, 1.807) is 0 Å². The van der Waals surface area contributed by atoms with E-state index in [2.05, 4.69) is 5.32 Å². The Hall–Kier alpha value is -1.16. The third-order valence-corrected chi connectivity index (χ3v) is 2.44. The highest BCUT2D eigenvalue weighted by atomic mass is 19.1. The van der Waals surface area contributed by atoms with Crippen molar-refractivity contribution in [1.29, 1.82) is 0 Å². The van der Waals surface area contributed by atoms with Gasteiger partial charge >= 0.3 is 0 Å². The minimum Gasteiger partial charge on any atom is -0.486 e. The number of nitrogens with one attached hydrogen (secondary N) is 1. The van der Waals surface area contributed by atoms with Crippen LogP contribution in [-0.4, -0.2) is 19.2 Å². The van der Waals surface area contributed by atoms with Crippen LogP contribution >= 0.6 is 0 Å². The van der Waals surface area contributed by atoms with Gasteiger partial charge in [-0.1, -0.05) is 0 Å². The van der Waals surface area contributed by atoms with Crippen LogP contribution in [0.5, 0.6) is 5.75 Å². The molecule has 0 bridgehead atoms. The zero-order valence-electron chi connectivity index (χ0n) is 8.30. The Labute approximate surface area is 87.2 Å². The molecular formula is C11H13F2NO. The molecule has 0 amide bonds. The van der Waals surface area contributed by atoms with Crippen molar-refractivity contribution < 1.29 is 13.5 Å². The molecule has 0 spiro atoms. The van der Waals surface area contributed by atoms with Crippen molar-refractivity contribution in [1.82, 2.24) is 5.32 Å². The molecule has 1 heterocycles. The smallest absolute Gasteiger partial charge is 0.165 e. The van der Waals surface area contributed by atoms with Crippen LogP contribution in [0.1, 0.15) is 12.8 Å². The first-order valence-electron chi connectivity index (χ1n) is 5.08. The maximum absolute atomic E-state index is 13.2. The quantitative estimate of drug-likeness (QED) is 0.812. The van der Waals surface area contributed by atoms with Crippen molar-refractivity contribution in [3.63, 3.8) is 0 Å². The number of rotatable bonds is 2. The van der Waals surface area contributed by atoms with E-state index >= 15 is 0 Å². The predicted octanol–water partition coefficient (Wildman–Crippen LogP) is 2.10. The minimum absolute atomic E-state index is 0.00343. The van der Waals surface area contributed by atoms with Gasteiger partial charge in [0.1, 0.15) is 11.9 Å². The van der Waals surface area contributed by atoms with Crippen LogP contribution in [0, 0.1) is 11.6 Å². The van der Waals surface area contributed by atoms with Crippen LogP contribution in [0.3, 0.4) is 0 Å². The van der Waals surface area contributed by atoms with Crippen molar-refractivity contribution >= 4 is 0 Å². The highest BCUT2D eigenvalue weighted by molar-refractivity contribution is 5.25. The molecule has 1 aliphatic heterocycles. The molecule has 1 saturated heterocycles. The monoisotopic (exact) mass is 213 g/mol. The van der Waals surface area contributed by atoms with Gasteiger partial charge in [0.2, 0.25) is 0 Å². The summed E-state index contributed by atoms with van der Waals surface area (Å²) in [5.74, 6) is -0.985. The lowest BCUT2D eigenvalue weighted by Gasteiger charge is -2.24. The van der Waals surface area contributed by atoms with Gasteiger partial charge in [0.25, 0.3) is 0 Å². The van der Waals surface area contributed by atoms with Crippen LogP contribution in [0.15, 0.2) is 18.2 Å². The van der Waals surface area contributed by atoms with Crippen LogP contribution in [0.4, 0.5) is 8.78 Å². The number of piperidine rings is 1. The number of ether oxygens (including phenoxy) is 1. The van der Waals surface area contributed by atoms with Gasteiger partial charge in [0.05, 0.1) is 0 Å². The summed E-state index contributed by atoms with van der Waals surface area (Å²) in [6, 6.07) is 3.26. The zero-order valence-corrected chi connectivity index (χ0v) is 8.30. The van der Waals surface area contributed by atoms with Gasteiger partial charge in [0.15, 0.2) is 11.6 Å². The first-order valence-corrected chi connectivity index (χ1v) is 5.08. The lowest BCUT2D eigenvalue weighted by Crippen LogP contribution is -2.37. The van der Waals surface area contributed by atoms with E-state index in [9.17, 15) is 8.78 Å². The van der Waals surface area contributed by atoms with E-state index in [0.717, 1.165) is 37.6 Å². The van der Waals surface area contributed by atoms with E-state index in [0.29, 0.717) is 6.54 Å². The first kappa shape index (κ1) is 10.4. The summed E-state index contributed by atoms with van der Waals surface area (Å²) in [5.41, 5.74) is 0. The molecule has 2 nitrogen and oxygen atoms in total. The van der Waals surface area contributed by atoms with Crippen LogP contribution in [0.25, 0.3) is 0 Å². The number of hydrogen-bond donors (Lipinski definition) is 1. The third-order valence-electron chi connectivity index (χ3n) is 2.44. The number of hydrogen-bond acceptors (Lipinski definition) is 2. The molecule has 0 aromatic heterocycles. The first-order chi connectivity index (χ1) is 7.25. The fraction of sp³-hybridized carbons (Fsp3) is 0.455. The number of benzene rings is 1. The highest BCUT2D eigenvalue weighted by Crippen LogP contribution is 2.21. The van der Waals surface area contributed by atoms with Gasteiger partial charge in [-0.15, -0.1) is 0 Å². The fourth-order valence-corrected chi connectivity index (χ4v) is 1.67. The second-order valence-electron chi connectivity index (χ2n) is 3.66. The van der Waals surface area contributed by atoms with E-state index in [-0.39, 0.29) is 11.9 Å². The number of halogens is 2. The second kappa shape index (κ2) is 4.57. The maximum Gasteiger partial charge on any atom is 0.165 e. The Kier molecular flexibility index (Phi) is 3.16. The summed E-state index contributed by atoms with van der Waals surface area (Å²) in [4.78, 5) is 0. The normalized spacial score (nSPS) is 21.3. The molecule has 1 atom stereocenters. The molecule has 15 heavy (non-hydrogen) atoms. The summed E-state index contributed by atoms with van der Waals surface area (Å²) in [6.07, 6.45) is 1.82. The fourth-order valence-electron chi connectivity index (χ4n) is 1.67. The van der Waals surface area contributed by atoms with Crippen molar-refractivity contribution in [3.05, 3.63) is 29.8 Å². The van der Waals surface area contributed by atoms with Crippen LogP contribution in [0.2, 0.25) is 0 Å². The molecule has 2 rings (SSSR count). The predicted molar refractivity (Wildman–Crippen MR) is 52.9 cm³/mol. The van der Waals surface area contributed by atoms with Crippen molar-refractivity contribution in [2.24, 2.45) is 0 Å². The van der Waals surface area contributed by atoms with E-state index in [1.165, 1.54) is 0 Å². The Balaban J connectivity index is 2.05. The van der Waals surface area contributed by atoms with Crippen molar-refractivity contribution in [2.45, 2.75) is 18.9 Å². The standard InChI is InChI=1S/C11H13F2NO/c12-8-3-4-10(13)11(6-8)15-9-2-1-5-14-7-9/h3-4,6,9,14H,1-2,5,7H2/t9-/m1/s1. The van der Waals surface area contributed by atoms with Crippen molar-refractivity contribution in [2.75, 3.05) is 13.1 Å². The molecule has 0 radical (unpaired) electrons. The lowest BCUT2D eigenvalue weighted by molar-refractivity contribution is 0.160. The van der Waals surface area contributed by atoms with Gasteiger partial charge in [-0.25, -0.2) is 8.78 Å². The van der Waals surface area contributed by atoms with Gasteiger partial charge in [-0.05, 0) is 31.5 Å².